The zero-order chi connectivity index (χ0) is 15.1. The molecule has 0 aliphatic rings. The number of rotatable bonds is 6. The third-order valence-corrected chi connectivity index (χ3v) is 3.15. The molecule has 1 atom stereocenters. The van der Waals surface area contributed by atoms with Crippen LogP contribution in [0.3, 0.4) is 0 Å². The smallest absolute Gasteiger partial charge is 0.321 e. The van der Waals surface area contributed by atoms with Crippen LogP contribution in [-0.2, 0) is 4.79 Å². The van der Waals surface area contributed by atoms with Crippen molar-refractivity contribution in [2.45, 2.75) is 26.7 Å². The van der Waals surface area contributed by atoms with Crippen molar-refractivity contribution in [3.8, 4) is 0 Å². The summed E-state index contributed by atoms with van der Waals surface area (Å²) < 4.78 is 0. The lowest BCUT2D eigenvalue weighted by Crippen LogP contribution is -2.39. The molecule has 0 aliphatic carbocycles. The number of hydrogen-bond acceptors (Lipinski definition) is 2. The molecule has 0 spiro atoms. The first-order valence-electron chi connectivity index (χ1n) is 6.70. The van der Waals surface area contributed by atoms with E-state index in [1.807, 2.05) is 38.1 Å². The largest absolute Gasteiger partial charge is 0.481 e. The second-order valence-corrected chi connectivity index (χ2v) is 5.12. The number of carbonyl (C=O) groups excluding carboxylic acids is 1. The normalized spacial score (nSPS) is 11.8. The average molecular weight is 278 g/mol. The number of aliphatic carboxylic acids is 1. The van der Waals surface area contributed by atoms with Gasteiger partial charge in [-0.3, -0.25) is 9.69 Å². The van der Waals surface area contributed by atoms with Gasteiger partial charge in [0.1, 0.15) is 0 Å². The molecule has 0 saturated heterocycles. The molecule has 2 amide bonds. The van der Waals surface area contributed by atoms with E-state index < -0.39 is 5.97 Å². The number of aryl methyl sites for hydroxylation is 1. The summed E-state index contributed by atoms with van der Waals surface area (Å²) >= 11 is 0. The third kappa shape index (κ3) is 5.30. The maximum atomic E-state index is 12.0. The van der Waals surface area contributed by atoms with E-state index in [1.54, 1.807) is 11.9 Å². The van der Waals surface area contributed by atoms with E-state index in [0.29, 0.717) is 13.0 Å². The van der Waals surface area contributed by atoms with E-state index in [2.05, 4.69) is 5.32 Å². The lowest BCUT2D eigenvalue weighted by atomic mass is 10.1. The summed E-state index contributed by atoms with van der Waals surface area (Å²) in [6.45, 7) is 4.38. The van der Waals surface area contributed by atoms with Crippen LogP contribution in [0.15, 0.2) is 24.3 Å². The molecule has 0 fully saturated rings. The molecule has 0 saturated carbocycles. The van der Waals surface area contributed by atoms with Crippen molar-refractivity contribution in [2.24, 2.45) is 5.92 Å². The van der Waals surface area contributed by atoms with Crippen molar-refractivity contribution in [2.75, 3.05) is 18.5 Å². The SMILES string of the molecule is Cc1cccc(N(C)C(=O)NCC(C)CCC(=O)O)c1. The van der Waals surface area contributed by atoms with Crippen LogP contribution in [0.1, 0.15) is 25.3 Å². The van der Waals surface area contributed by atoms with Crippen LogP contribution >= 0.6 is 0 Å². The van der Waals surface area contributed by atoms with Crippen LogP contribution in [0.25, 0.3) is 0 Å². The number of amides is 2. The minimum Gasteiger partial charge on any atom is -0.481 e. The Morgan fingerprint density at radius 1 is 1.40 bits per heavy atom. The zero-order valence-electron chi connectivity index (χ0n) is 12.2. The number of benzene rings is 1. The summed E-state index contributed by atoms with van der Waals surface area (Å²) in [5, 5.41) is 11.4. The Morgan fingerprint density at radius 3 is 2.70 bits per heavy atom. The topological polar surface area (TPSA) is 69.6 Å². The number of urea groups is 1. The molecule has 0 heterocycles. The summed E-state index contributed by atoms with van der Waals surface area (Å²) in [5.74, 6) is -0.666. The number of nitrogens with one attached hydrogen (secondary N) is 1. The molecule has 0 aromatic heterocycles. The molecule has 0 bridgehead atoms. The summed E-state index contributed by atoms with van der Waals surface area (Å²) in [7, 11) is 1.71. The quantitative estimate of drug-likeness (QED) is 0.840. The monoisotopic (exact) mass is 278 g/mol. The Labute approximate surface area is 119 Å². The van der Waals surface area contributed by atoms with Crippen molar-refractivity contribution < 1.29 is 14.7 Å². The van der Waals surface area contributed by atoms with Crippen LogP contribution in [0, 0.1) is 12.8 Å². The van der Waals surface area contributed by atoms with E-state index in [1.165, 1.54) is 0 Å². The Balaban J connectivity index is 2.44. The molecule has 0 radical (unpaired) electrons. The van der Waals surface area contributed by atoms with Gasteiger partial charge in [0.05, 0.1) is 0 Å². The van der Waals surface area contributed by atoms with Gasteiger partial charge >= 0.3 is 12.0 Å². The Kier molecular flexibility index (Phi) is 6.03. The first-order chi connectivity index (χ1) is 9.40. The summed E-state index contributed by atoms with van der Waals surface area (Å²) in [6.07, 6.45) is 0.689. The highest BCUT2D eigenvalue weighted by atomic mass is 16.4. The highest BCUT2D eigenvalue weighted by Crippen LogP contribution is 2.14. The first-order valence-corrected chi connectivity index (χ1v) is 6.70. The Bertz CT molecular complexity index is 474. The van der Waals surface area contributed by atoms with E-state index >= 15 is 0 Å². The fraction of sp³-hybridized carbons (Fsp3) is 0.467. The van der Waals surface area contributed by atoms with Crippen LogP contribution in [0.4, 0.5) is 10.5 Å². The van der Waals surface area contributed by atoms with Crippen LogP contribution in [0.5, 0.6) is 0 Å². The van der Waals surface area contributed by atoms with Gasteiger partial charge in [0, 0.05) is 25.7 Å². The molecule has 5 nitrogen and oxygen atoms in total. The predicted molar refractivity (Wildman–Crippen MR) is 79.0 cm³/mol. The maximum absolute atomic E-state index is 12.0. The molecule has 1 aromatic rings. The van der Waals surface area contributed by atoms with Gasteiger partial charge in [-0.2, -0.15) is 0 Å². The number of nitrogens with zero attached hydrogens (tertiary/aromatic N) is 1. The summed E-state index contributed by atoms with van der Waals surface area (Å²) in [6, 6.07) is 7.51. The van der Waals surface area contributed by atoms with Crippen LogP contribution < -0.4 is 10.2 Å². The molecular weight excluding hydrogens is 256 g/mol. The molecule has 5 heteroatoms. The van der Waals surface area contributed by atoms with Crippen LogP contribution in [-0.4, -0.2) is 30.7 Å². The minimum atomic E-state index is -0.806. The number of carbonyl (C=O) groups is 2. The van der Waals surface area contributed by atoms with Gasteiger partial charge < -0.3 is 10.4 Å². The molecule has 2 N–H and O–H groups in total. The number of hydrogen-bond donors (Lipinski definition) is 2. The minimum absolute atomic E-state index is 0.130. The second kappa shape index (κ2) is 7.53. The second-order valence-electron chi connectivity index (χ2n) is 5.12. The van der Waals surface area contributed by atoms with E-state index in [9.17, 15) is 9.59 Å². The zero-order valence-corrected chi connectivity index (χ0v) is 12.2. The molecule has 1 aromatic carbocycles. The van der Waals surface area contributed by atoms with Crippen LogP contribution in [0.2, 0.25) is 0 Å². The Hall–Kier alpha value is -2.04. The van der Waals surface area contributed by atoms with Gasteiger partial charge in [0.25, 0.3) is 0 Å². The third-order valence-electron chi connectivity index (χ3n) is 3.15. The molecule has 110 valence electrons. The Morgan fingerprint density at radius 2 is 2.10 bits per heavy atom. The highest BCUT2D eigenvalue weighted by molar-refractivity contribution is 5.91. The van der Waals surface area contributed by atoms with Crippen molar-refractivity contribution >= 4 is 17.7 Å². The van der Waals surface area contributed by atoms with Crippen molar-refractivity contribution in [3.63, 3.8) is 0 Å². The van der Waals surface area contributed by atoms with E-state index in [0.717, 1.165) is 11.3 Å². The molecule has 1 rings (SSSR count). The van der Waals surface area contributed by atoms with Crippen molar-refractivity contribution in [1.29, 1.82) is 0 Å². The maximum Gasteiger partial charge on any atom is 0.321 e. The predicted octanol–water partition coefficient (Wildman–Crippen LogP) is 2.64. The van der Waals surface area contributed by atoms with Gasteiger partial charge in [0.15, 0.2) is 0 Å². The number of anilines is 1. The van der Waals surface area contributed by atoms with Gasteiger partial charge in [-0.05, 0) is 37.0 Å². The lowest BCUT2D eigenvalue weighted by molar-refractivity contribution is -0.137. The molecular formula is C15H22N2O3. The van der Waals surface area contributed by atoms with Gasteiger partial charge in [0.2, 0.25) is 0 Å². The van der Waals surface area contributed by atoms with Crippen molar-refractivity contribution in [3.05, 3.63) is 29.8 Å². The molecule has 1 unspecified atom stereocenters. The first kappa shape index (κ1) is 16.0. The number of carboxylic acid groups (broad SMARTS) is 1. The van der Waals surface area contributed by atoms with E-state index in [4.69, 9.17) is 5.11 Å². The van der Waals surface area contributed by atoms with E-state index in [-0.39, 0.29) is 18.4 Å². The number of carboxylic acids is 1. The fourth-order valence-electron chi connectivity index (χ4n) is 1.81. The van der Waals surface area contributed by atoms with Gasteiger partial charge in [-0.1, -0.05) is 19.1 Å². The molecule has 0 aliphatic heterocycles. The van der Waals surface area contributed by atoms with Gasteiger partial charge in [-0.25, -0.2) is 4.79 Å². The lowest BCUT2D eigenvalue weighted by Gasteiger charge is -2.20. The highest BCUT2D eigenvalue weighted by Gasteiger charge is 2.12. The average Bonchev–Trinajstić information content (AvgIpc) is 2.41. The molecule has 20 heavy (non-hydrogen) atoms. The van der Waals surface area contributed by atoms with Crippen molar-refractivity contribution in [1.82, 2.24) is 5.32 Å². The summed E-state index contributed by atoms with van der Waals surface area (Å²) in [5.41, 5.74) is 1.93. The summed E-state index contributed by atoms with van der Waals surface area (Å²) in [4.78, 5) is 24.0. The van der Waals surface area contributed by atoms with Gasteiger partial charge in [-0.15, -0.1) is 0 Å². The fourth-order valence-corrected chi connectivity index (χ4v) is 1.81. The standard InChI is InChI=1S/C15H22N2O3/c1-11-5-4-6-13(9-11)17(3)15(20)16-10-12(2)7-8-14(18)19/h4-6,9,12H,7-8,10H2,1-3H3,(H,16,20)(H,18,19).